The molecule has 0 aromatic rings. The molecule has 0 bridgehead atoms. The van der Waals surface area contributed by atoms with Crippen molar-refractivity contribution in [2.75, 3.05) is 19.8 Å². The maximum absolute atomic E-state index is 11.6. The van der Waals surface area contributed by atoms with Gasteiger partial charge in [0, 0.05) is 17.2 Å². The molecule has 6 nitrogen and oxygen atoms in total. The fraction of sp³-hybridized carbons (Fsp3) is 0.471. The van der Waals surface area contributed by atoms with E-state index in [0.717, 1.165) is 6.08 Å². The van der Waals surface area contributed by atoms with Crippen LogP contribution in [0, 0.1) is 5.41 Å². The predicted molar refractivity (Wildman–Crippen MR) is 85.4 cm³/mol. The molecule has 0 atom stereocenters. The third kappa shape index (κ3) is 7.44. The van der Waals surface area contributed by atoms with E-state index in [1.165, 1.54) is 13.8 Å². The van der Waals surface area contributed by atoms with Gasteiger partial charge in [-0.2, -0.15) is 0 Å². The Labute approximate surface area is 136 Å². The van der Waals surface area contributed by atoms with Gasteiger partial charge in [0.15, 0.2) is 0 Å². The van der Waals surface area contributed by atoms with Crippen molar-refractivity contribution in [3.8, 4) is 0 Å². The monoisotopic (exact) mass is 324 g/mol. The summed E-state index contributed by atoms with van der Waals surface area (Å²) in [5.74, 6) is -1.74. The summed E-state index contributed by atoms with van der Waals surface area (Å²) < 4.78 is 15.3. The van der Waals surface area contributed by atoms with Crippen LogP contribution in [0.4, 0.5) is 0 Å². The van der Waals surface area contributed by atoms with Crippen LogP contribution in [0.15, 0.2) is 37.0 Å². The van der Waals surface area contributed by atoms with Crippen LogP contribution in [-0.4, -0.2) is 37.7 Å². The average Bonchev–Trinajstić information content (AvgIpc) is 2.53. The quantitative estimate of drug-likeness (QED) is 0.349. The van der Waals surface area contributed by atoms with Crippen molar-refractivity contribution >= 4 is 17.9 Å². The highest BCUT2D eigenvalue weighted by atomic mass is 16.6. The molecule has 0 aliphatic carbocycles. The Morgan fingerprint density at radius 3 is 1.61 bits per heavy atom. The van der Waals surface area contributed by atoms with Crippen LogP contribution in [0.2, 0.25) is 0 Å². The molecule has 0 fully saturated rings. The van der Waals surface area contributed by atoms with Crippen LogP contribution in [0.5, 0.6) is 0 Å². The summed E-state index contributed by atoms with van der Waals surface area (Å²) in [5.41, 5.74) is -0.358. The molecule has 0 aliphatic heterocycles. The molecule has 128 valence electrons. The Morgan fingerprint density at radius 1 is 0.913 bits per heavy atom. The van der Waals surface area contributed by atoms with E-state index in [9.17, 15) is 14.4 Å². The lowest BCUT2D eigenvalue weighted by Crippen LogP contribution is -2.39. The standard InChI is InChI=1S/C17H24O6/c1-7-14(18)21-9-17(8-2,10-22-15(19)12(3)4)11-23-16(20)13(5)6/h7H,1,3,5,8-11H2,2,4,6H3. The zero-order chi connectivity index (χ0) is 18.0. The molecule has 0 saturated heterocycles. The minimum atomic E-state index is -0.852. The van der Waals surface area contributed by atoms with E-state index in [2.05, 4.69) is 19.7 Å². The van der Waals surface area contributed by atoms with E-state index in [0.29, 0.717) is 6.42 Å². The molecule has 0 aromatic heterocycles. The van der Waals surface area contributed by atoms with Crippen molar-refractivity contribution in [3.63, 3.8) is 0 Å². The van der Waals surface area contributed by atoms with Gasteiger partial charge in [-0.15, -0.1) is 0 Å². The van der Waals surface area contributed by atoms with Crippen LogP contribution >= 0.6 is 0 Å². The zero-order valence-corrected chi connectivity index (χ0v) is 14.0. The number of ether oxygens (including phenoxy) is 3. The van der Waals surface area contributed by atoms with Crippen molar-refractivity contribution in [2.24, 2.45) is 5.41 Å². The number of carbonyl (C=O) groups excluding carboxylic acids is 3. The predicted octanol–water partition coefficient (Wildman–Crippen LogP) is 2.35. The molecule has 0 spiro atoms. The van der Waals surface area contributed by atoms with Crippen LogP contribution in [0.1, 0.15) is 27.2 Å². The van der Waals surface area contributed by atoms with Gasteiger partial charge in [0.25, 0.3) is 0 Å². The second-order valence-electron chi connectivity index (χ2n) is 5.38. The number of hydrogen-bond donors (Lipinski definition) is 0. The van der Waals surface area contributed by atoms with Gasteiger partial charge < -0.3 is 14.2 Å². The number of esters is 3. The first-order valence-corrected chi connectivity index (χ1v) is 7.12. The topological polar surface area (TPSA) is 78.9 Å². The molecule has 0 amide bonds. The van der Waals surface area contributed by atoms with Gasteiger partial charge in [0.2, 0.25) is 0 Å². The van der Waals surface area contributed by atoms with E-state index >= 15 is 0 Å². The summed E-state index contributed by atoms with van der Waals surface area (Å²) in [6.07, 6.45) is 1.48. The Bertz CT molecular complexity index is 473. The molecule has 0 radical (unpaired) electrons. The summed E-state index contributed by atoms with van der Waals surface area (Å²) >= 11 is 0. The van der Waals surface area contributed by atoms with E-state index in [4.69, 9.17) is 14.2 Å². The lowest BCUT2D eigenvalue weighted by Gasteiger charge is -2.30. The van der Waals surface area contributed by atoms with Gasteiger partial charge in [-0.25, -0.2) is 14.4 Å². The largest absolute Gasteiger partial charge is 0.462 e. The summed E-state index contributed by atoms with van der Waals surface area (Å²) in [7, 11) is 0. The minimum Gasteiger partial charge on any atom is -0.462 e. The first kappa shape index (κ1) is 20.6. The molecule has 0 aromatic carbocycles. The summed E-state index contributed by atoms with van der Waals surface area (Å²) in [6, 6.07) is 0. The molecule has 0 aliphatic rings. The molecule has 0 N–H and O–H groups in total. The molecular weight excluding hydrogens is 300 g/mol. The van der Waals surface area contributed by atoms with Crippen molar-refractivity contribution in [1.82, 2.24) is 0 Å². The maximum Gasteiger partial charge on any atom is 0.333 e. The van der Waals surface area contributed by atoms with Gasteiger partial charge in [-0.1, -0.05) is 26.7 Å². The third-order valence-electron chi connectivity index (χ3n) is 3.15. The molecule has 6 heteroatoms. The zero-order valence-electron chi connectivity index (χ0n) is 14.0. The number of rotatable bonds is 10. The van der Waals surface area contributed by atoms with Crippen molar-refractivity contribution < 1.29 is 28.6 Å². The van der Waals surface area contributed by atoms with Crippen LogP contribution in [0.3, 0.4) is 0 Å². The Kier molecular flexibility index (Phi) is 8.62. The average molecular weight is 324 g/mol. The van der Waals surface area contributed by atoms with Gasteiger partial charge in [-0.3, -0.25) is 0 Å². The van der Waals surface area contributed by atoms with E-state index in [-0.39, 0.29) is 31.0 Å². The second kappa shape index (κ2) is 9.61. The van der Waals surface area contributed by atoms with Crippen LogP contribution < -0.4 is 0 Å². The first-order valence-electron chi connectivity index (χ1n) is 7.12. The molecule has 0 heterocycles. The van der Waals surface area contributed by atoms with Gasteiger partial charge in [-0.05, 0) is 20.3 Å². The van der Waals surface area contributed by atoms with Gasteiger partial charge in [0.05, 0.1) is 5.41 Å². The SMILES string of the molecule is C=CC(=O)OCC(CC)(COC(=O)C(=C)C)COC(=O)C(=C)C. The molecule has 0 saturated carbocycles. The van der Waals surface area contributed by atoms with Crippen LogP contribution in [0.25, 0.3) is 0 Å². The summed E-state index contributed by atoms with van der Waals surface area (Å²) in [6.45, 7) is 14.9. The minimum absolute atomic E-state index is 0.0803. The van der Waals surface area contributed by atoms with E-state index in [1.54, 1.807) is 0 Å². The highest BCUT2D eigenvalue weighted by molar-refractivity contribution is 5.87. The van der Waals surface area contributed by atoms with Gasteiger partial charge >= 0.3 is 17.9 Å². The summed E-state index contributed by atoms with van der Waals surface area (Å²) in [5, 5.41) is 0. The molecule has 0 unspecified atom stereocenters. The lowest BCUT2D eigenvalue weighted by atomic mass is 9.88. The fourth-order valence-electron chi connectivity index (χ4n) is 1.40. The first-order chi connectivity index (χ1) is 10.7. The smallest absolute Gasteiger partial charge is 0.333 e. The number of hydrogen-bond acceptors (Lipinski definition) is 6. The third-order valence-corrected chi connectivity index (χ3v) is 3.15. The normalized spacial score (nSPS) is 10.4. The van der Waals surface area contributed by atoms with E-state index < -0.39 is 23.3 Å². The van der Waals surface area contributed by atoms with Crippen LogP contribution in [-0.2, 0) is 28.6 Å². The molecular formula is C17H24O6. The van der Waals surface area contributed by atoms with Crippen molar-refractivity contribution in [2.45, 2.75) is 27.2 Å². The number of carbonyl (C=O) groups is 3. The van der Waals surface area contributed by atoms with Crippen molar-refractivity contribution in [3.05, 3.63) is 37.0 Å². The lowest BCUT2D eigenvalue weighted by molar-refractivity contribution is -0.156. The maximum atomic E-state index is 11.6. The van der Waals surface area contributed by atoms with Gasteiger partial charge in [0.1, 0.15) is 19.8 Å². The Balaban J connectivity index is 5.03. The Hall–Kier alpha value is -2.37. The highest BCUT2D eigenvalue weighted by Gasteiger charge is 2.34. The second-order valence-corrected chi connectivity index (χ2v) is 5.38. The van der Waals surface area contributed by atoms with Crippen molar-refractivity contribution in [1.29, 1.82) is 0 Å². The van der Waals surface area contributed by atoms with E-state index in [1.807, 2.05) is 6.92 Å². The highest BCUT2D eigenvalue weighted by Crippen LogP contribution is 2.25. The Morgan fingerprint density at radius 2 is 1.30 bits per heavy atom. The molecule has 23 heavy (non-hydrogen) atoms. The fourth-order valence-corrected chi connectivity index (χ4v) is 1.40. The molecule has 0 rings (SSSR count). The summed E-state index contributed by atoms with van der Waals surface area (Å²) in [4.78, 5) is 34.4.